The third-order valence-electron chi connectivity index (χ3n) is 3.90. The van der Waals surface area contributed by atoms with Crippen molar-refractivity contribution < 1.29 is 13.2 Å². The summed E-state index contributed by atoms with van der Waals surface area (Å²) < 4.78 is 25.1. The summed E-state index contributed by atoms with van der Waals surface area (Å²) in [6.07, 6.45) is 6.15. The summed E-state index contributed by atoms with van der Waals surface area (Å²) in [6.45, 7) is 1.49. The second kappa shape index (κ2) is 7.98. The molecule has 2 rings (SSSR count). The molecule has 0 radical (unpaired) electrons. The number of hydrogen-bond donors (Lipinski definition) is 1. The van der Waals surface area contributed by atoms with E-state index in [1.54, 1.807) is 12.1 Å². The average Bonchev–Trinajstić information content (AvgIpc) is 2.53. The summed E-state index contributed by atoms with van der Waals surface area (Å²) in [7, 11) is -3.62. The first-order valence-corrected chi connectivity index (χ1v) is 10.1. The summed E-state index contributed by atoms with van der Waals surface area (Å²) in [5, 5.41) is 4.56. The number of hydrazone groups is 1. The van der Waals surface area contributed by atoms with Crippen molar-refractivity contribution in [1.29, 1.82) is 0 Å². The van der Waals surface area contributed by atoms with Gasteiger partial charge in [0.25, 0.3) is 5.91 Å². The van der Waals surface area contributed by atoms with Crippen molar-refractivity contribution in [3.8, 4) is 0 Å². The topological polar surface area (TPSA) is 78.8 Å². The summed E-state index contributed by atoms with van der Waals surface area (Å²) in [5.74, 6) is -0.477. The summed E-state index contributed by atoms with van der Waals surface area (Å²) in [5.41, 5.74) is 4.61. The number of nitrogens with one attached hydrogen (secondary N) is 1. The molecular weight excluding hydrogens is 350 g/mol. The van der Waals surface area contributed by atoms with Crippen molar-refractivity contribution >= 4 is 38.9 Å². The maximum absolute atomic E-state index is 12.1. The minimum Gasteiger partial charge on any atom is -0.271 e. The largest absolute Gasteiger partial charge is 0.271 e. The van der Waals surface area contributed by atoms with Crippen LogP contribution < -0.4 is 9.73 Å². The molecule has 0 aromatic heterocycles. The van der Waals surface area contributed by atoms with Crippen LogP contribution in [0.1, 0.15) is 37.7 Å². The van der Waals surface area contributed by atoms with Crippen molar-refractivity contribution in [3.05, 3.63) is 28.8 Å². The first-order chi connectivity index (χ1) is 11.3. The van der Waals surface area contributed by atoms with Gasteiger partial charge < -0.3 is 0 Å². The van der Waals surface area contributed by atoms with Crippen molar-refractivity contribution in [1.82, 2.24) is 5.43 Å². The number of carbonyl (C=O) groups is 1. The molecule has 132 valence electrons. The van der Waals surface area contributed by atoms with Crippen LogP contribution in [0.15, 0.2) is 23.3 Å². The smallest absolute Gasteiger partial charge is 0.260 e. The Bertz CT molecular complexity index is 739. The SMILES string of the molecule is Cc1ccc(N(CC(=O)NN=C2CCCCC2)S(C)(=O)=O)cc1Cl. The highest BCUT2D eigenvalue weighted by Gasteiger charge is 2.21. The van der Waals surface area contributed by atoms with Gasteiger partial charge in [0.05, 0.1) is 11.9 Å². The van der Waals surface area contributed by atoms with E-state index in [9.17, 15) is 13.2 Å². The van der Waals surface area contributed by atoms with Crippen molar-refractivity contribution in [3.63, 3.8) is 0 Å². The van der Waals surface area contributed by atoms with Gasteiger partial charge in [-0.1, -0.05) is 24.1 Å². The van der Waals surface area contributed by atoms with Crippen LogP contribution in [0.2, 0.25) is 5.02 Å². The standard InChI is InChI=1S/C16H22ClN3O3S/c1-12-8-9-14(10-15(12)17)20(24(2,22)23)11-16(21)19-18-13-6-4-3-5-7-13/h8-10H,3-7,11H2,1-2H3,(H,19,21). The van der Waals surface area contributed by atoms with E-state index in [-0.39, 0.29) is 6.54 Å². The zero-order valence-corrected chi connectivity index (χ0v) is 15.5. The fourth-order valence-electron chi connectivity index (χ4n) is 2.52. The van der Waals surface area contributed by atoms with Crippen LogP contribution in [0.5, 0.6) is 0 Å². The molecule has 1 N–H and O–H groups in total. The minimum absolute atomic E-state index is 0.338. The molecule has 0 spiro atoms. The molecule has 24 heavy (non-hydrogen) atoms. The van der Waals surface area contributed by atoms with Crippen LogP contribution in [0.3, 0.4) is 0 Å². The molecule has 0 aliphatic heterocycles. The Balaban J connectivity index is 2.11. The van der Waals surface area contributed by atoms with Crippen LogP contribution in [-0.4, -0.2) is 32.8 Å². The number of rotatable bonds is 5. The van der Waals surface area contributed by atoms with E-state index in [1.165, 1.54) is 12.5 Å². The number of sulfonamides is 1. The fraction of sp³-hybridized carbons (Fsp3) is 0.500. The number of carbonyl (C=O) groups excluding carboxylic acids is 1. The Morgan fingerprint density at radius 3 is 2.54 bits per heavy atom. The van der Waals surface area contributed by atoms with E-state index in [4.69, 9.17) is 11.6 Å². The molecule has 0 heterocycles. The molecule has 0 atom stereocenters. The van der Waals surface area contributed by atoms with Gasteiger partial charge in [-0.3, -0.25) is 9.10 Å². The Morgan fingerprint density at radius 2 is 1.96 bits per heavy atom. The number of hydrogen-bond acceptors (Lipinski definition) is 4. The number of nitrogens with zero attached hydrogens (tertiary/aromatic N) is 2. The first kappa shape index (κ1) is 18.7. The second-order valence-electron chi connectivity index (χ2n) is 5.98. The Hall–Kier alpha value is -1.60. The normalized spacial score (nSPS) is 15.0. The molecule has 1 aliphatic rings. The van der Waals surface area contributed by atoms with Crippen molar-refractivity contribution in [2.75, 3.05) is 17.1 Å². The highest BCUT2D eigenvalue weighted by Crippen LogP contribution is 2.24. The Labute approximate surface area is 147 Å². The third kappa shape index (κ3) is 5.21. The van der Waals surface area contributed by atoms with Gasteiger partial charge in [0.2, 0.25) is 10.0 Å². The number of amides is 1. The van der Waals surface area contributed by atoms with Crippen LogP contribution in [0, 0.1) is 6.92 Å². The van der Waals surface area contributed by atoms with Crippen LogP contribution in [0.25, 0.3) is 0 Å². The molecule has 1 aromatic rings. The lowest BCUT2D eigenvalue weighted by atomic mass is 9.99. The second-order valence-corrected chi connectivity index (χ2v) is 8.29. The molecule has 0 bridgehead atoms. The summed E-state index contributed by atoms with van der Waals surface area (Å²) in [6, 6.07) is 4.89. The van der Waals surface area contributed by atoms with Gasteiger partial charge in [0, 0.05) is 10.7 Å². The predicted octanol–water partition coefficient (Wildman–Crippen LogP) is 2.85. The van der Waals surface area contributed by atoms with E-state index >= 15 is 0 Å². The lowest BCUT2D eigenvalue weighted by molar-refractivity contribution is -0.119. The van der Waals surface area contributed by atoms with E-state index in [0.717, 1.165) is 47.5 Å². The van der Waals surface area contributed by atoms with E-state index in [1.807, 2.05) is 6.92 Å². The highest BCUT2D eigenvalue weighted by molar-refractivity contribution is 7.92. The molecule has 1 amide bonds. The average molecular weight is 372 g/mol. The lowest BCUT2D eigenvalue weighted by Crippen LogP contribution is -2.39. The molecule has 1 aromatic carbocycles. The van der Waals surface area contributed by atoms with Gasteiger partial charge in [0.1, 0.15) is 6.54 Å². The van der Waals surface area contributed by atoms with E-state index < -0.39 is 15.9 Å². The summed E-state index contributed by atoms with van der Waals surface area (Å²) in [4.78, 5) is 12.1. The molecule has 8 heteroatoms. The van der Waals surface area contributed by atoms with Gasteiger partial charge in [-0.2, -0.15) is 5.10 Å². The molecule has 1 aliphatic carbocycles. The fourth-order valence-corrected chi connectivity index (χ4v) is 3.54. The van der Waals surface area contributed by atoms with Crippen LogP contribution in [0.4, 0.5) is 5.69 Å². The first-order valence-electron chi connectivity index (χ1n) is 7.85. The number of aryl methyl sites for hydroxylation is 1. The van der Waals surface area contributed by atoms with Gasteiger partial charge >= 0.3 is 0 Å². The maximum atomic E-state index is 12.1. The minimum atomic E-state index is -3.62. The van der Waals surface area contributed by atoms with E-state index in [2.05, 4.69) is 10.5 Å². The van der Waals surface area contributed by atoms with Crippen molar-refractivity contribution in [2.45, 2.75) is 39.0 Å². The lowest BCUT2D eigenvalue weighted by Gasteiger charge is -2.22. The van der Waals surface area contributed by atoms with Crippen LogP contribution >= 0.6 is 11.6 Å². The van der Waals surface area contributed by atoms with Gasteiger partial charge in [-0.25, -0.2) is 13.8 Å². The molecule has 0 unspecified atom stereocenters. The van der Waals surface area contributed by atoms with Gasteiger partial charge in [-0.15, -0.1) is 0 Å². The molecule has 1 fully saturated rings. The van der Waals surface area contributed by atoms with E-state index in [0.29, 0.717) is 10.7 Å². The predicted molar refractivity (Wildman–Crippen MR) is 97.0 cm³/mol. The molecular formula is C16H22ClN3O3S. The monoisotopic (exact) mass is 371 g/mol. The highest BCUT2D eigenvalue weighted by atomic mass is 35.5. The number of anilines is 1. The number of halogens is 1. The quantitative estimate of drug-likeness (QED) is 0.808. The van der Waals surface area contributed by atoms with Crippen LogP contribution in [-0.2, 0) is 14.8 Å². The van der Waals surface area contributed by atoms with Gasteiger partial charge in [-0.05, 0) is 50.3 Å². The van der Waals surface area contributed by atoms with Crippen molar-refractivity contribution in [2.24, 2.45) is 5.10 Å². The Morgan fingerprint density at radius 1 is 1.29 bits per heavy atom. The Kier molecular flexibility index (Phi) is 6.23. The molecule has 0 saturated heterocycles. The molecule has 6 nitrogen and oxygen atoms in total. The molecule has 1 saturated carbocycles. The zero-order valence-electron chi connectivity index (χ0n) is 13.9. The maximum Gasteiger partial charge on any atom is 0.260 e. The number of benzene rings is 1. The summed E-state index contributed by atoms with van der Waals surface area (Å²) >= 11 is 6.06. The third-order valence-corrected chi connectivity index (χ3v) is 5.45. The van der Waals surface area contributed by atoms with Gasteiger partial charge in [0.15, 0.2) is 0 Å². The zero-order chi connectivity index (χ0) is 17.7.